The predicted molar refractivity (Wildman–Crippen MR) is 54.0 cm³/mol. The Labute approximate surface area is 82.2 Å². The van der Waals surface area contributed by atoms with Crippen molar-refractivity contribution in [2.45, 2.75) is 0 Å². The van der Waals surface area contributed by atoms with Crippen molar-refractivity contribution in [1.82, 2.24) is 4.98 Å². The largest absolute Gasteiger partial charge is 0.455 e. The molecule has 0 amide bonds. The lowest BCUT2D eigenvalue weighted by Crippen LogP contribution is -1.87. The number of nitrogens with zero attached hydrogens (tertiary/aromatic N) is 1. The van der Waals surface area contributed by atoms with Crippen molar-refractivity contribution in [2.24, 2.45) is 0 Å². The molecule has 0 spiro atoms. The highest BCUT2D eigenvalue weighted by Gasteiger charge is 1.96. The van der Waals surface area contributed by atoms with Crippen molar-refractivity contribution in [3.8, 4) is 11.5 Å². The Morgan fingerprint density at radius 1 is 1.21 bits per heavy atom. The number of aromatic nitrogens is 1. The van der Waals surface area contributed by atoms with Gasteiger partial charge in [-0.05, 0) is 24.3 Å². The summed E-state index contributed by atoms with van der Waals surface area (Å²) in [7, 11) is 0. The lowest BCUT2D eigenvalue weighted by molar-refractivity contribution is 0.479. The van der Waals surface area contributed by atoms with E-state index in [1.54, 1.807) is 30.5 Å². The van der Waals surface area contributed by atoms with Gasteiger partial charge in [-0.2, -0.15) is 0 Å². The van der Waals surface area contributed by atoms with Crippen LogP contribution >= 0.6 is 0 Å². The Hall–Kier alpha value is -2.03. The van der Waals surface area contributed by atoms with Crippen molar-refractivity contribution in [2.75, 3.05) is 5.73 Å². The van der Waals surface area contributed by atoms with Gasteiger partial charge in [0.1, 0.15) is 11.9 Å². The monoisotopic (exact) mass is 185 g/mol. The SMILES string of the molecule is Nc1cccc(Oc2[c]nccc2)c1. The molecule has 69 valence electrons. The Morgan fingerprint density at radius 2 is 2.14 bits per heavy atom. The van der Waals surface area contributed by atoms with Gasteiger partial charge in [0.05, 0.1) is 0 Å². The molecular weight excluding hydrogens is 176 g/mol. The summed E-state index contributed by atoms with van der Waals surface area (Å²) in [5.41, 5.74) is 6.28. The standard InChI is InChI=1S/C11H9N2O/c12-9-3-1-4-10(7-9)14-11-5-2-6-13-8-11/h1-7H,12H2. The van der Waals surface area contributed by atoms with E-state index in [1.165, 1.54) is 0 Å². The summed E-state index contributed by atoms with van der Waals surface area (Å²) in [6.45, 7) is 0. The first kappa shape index (κ1) is 8.56. The molecular formula is C11H9N2O. The quantitative estimate of drug-likeness (QED) is 0.730. The molecule has 0 saturated heterocycles. The first-order chi connectivity index (χ1) is 6.84. The lowest BCUT2D eigenvalue weighted by atomic mass is 10.3. The zero-order chi connectivity index (χ0) is 9.80. The molecule has 0 fully saturated rings. The van der Waals surface area contributed by atoms with E-state index in [9.17, 15) is 0 Å². The van der Waals surface area contributed by atoms with E-state index >= 15 is 0 Å². The molecule has 0 saturated carbocycles. The molecule has 0 aliphatic rings. The predicted octanol–water partition coefficient (Wildman–Crippen LogP) is 2.26. The fourth-order valence-electron chi connectivity index (χ4n) is 1.07. The minimum absolute atomic E-state index is 0.582. The van der Waals surface area contributed by atoms with Gasteiger partial charge in [-0.15, -0.1) is 0 Å². The second kappa shape index (κ2) is 3.79. The summed E-state index contributed by atoms with van der Waals surface area (Å²) < 4.78 is 5.46. The van der Waals surface area contributed by atoms with Crippen LogP contribution < -0.4 is 10.5 Å². The average Bonchev–Trinajstić information content (AvgIpc) is 2.19. The van der Waals surface area contributed by atoms with Crippen molar-refractivity contribution in [3.63, 3.8) is 0 Å². The third-order valence-electron chi connectivity index (χ3n) is 1.67. The number of benzene rings is 1. The second-order valence-corrected chi connectivity index (χ2v) is 2.79. The maximum atomic E-state index is 5.61. The molecule has 0 unspecified atom stereocenters. The fraction of sp³-hybridized carbons (Fsp3) is 0. The molecule has 2 aromatic rings. The highest BCUT2D eigenvalue weighted by atomic mass is 16.5. The van der Waals surface area contributed by atoms with Crippen LogP contribution in [-0.4, -0.2) is 4.98 Å². The first-order valence-corrected chi connectivity index (χ1v) is 4.21. The van der Waals surface area contributed by atoms with Crippen molar-refractivity contribution < 1.29 is 4.74 Å². The topological polar surface area (TPSA) is 48.1 Å². The molecule has 0 aliphatic carbocycles. The number of anilines is 1. The Bertz CT molecular complexity index is 415. The van der Waals surface area contributed by atoms with E-state index in [0.717, 1.165) is 0 Å². The van der Waals surface area contributed by atoms with Gasteiger partial charge >= 0.3 is 0 Å². The minimum atomic E-state index is 0.582. The van der Waals surface area contributed by atoms with Crippen molar-refractivity contribution in [3.05, 3.63) is 48.8 Å². The molecule has 1 aromatic carbocycles. The summed E-state index contributed by atoms with van der Waals surface area (Å²) in [4.78, 5) is 3.82. The number of hydrogen-bond donors (Lipinski definition) is 1. The van der Waals surface area contributed by atoms with Gasteiger partial charge < -0.3 is 10.5 Å². The number of nitrogens with two attached hydrogens (primary N) is 1. The van der Waals surface area contributed by atoms with Gasteiger partial charge in [0.25, 0.3) is 0 Å². The third kappa shape index (κ3) is 2.01. The van der Waals surface area contributed by atoms with Crippen LogP contribution in [0.1, 0.15) is 0 Å². The van der Waals surface area contributed by atoms with Gasteiger partial charge in [0.15, 0.2) is 5.75 Å². The number of pyridine rings is 1. The zero-order valence-corrected chi connectivity index (χ0v) is 7.47. The normalized spacial score (nSPS) is 9.71. The van der Waals surface area contributed by atoms with Crippen LogP contribution in [0.25, 0.3) is 0 Å². The molecule has 0 atom stereocenters. The molecule has 2 rings (SSSR count). The van der Waals surface area contributed by atoms with E-state index in [-0.39, 0.29) is 0 Å². The van der Waals surface area contributed by atoms with E-state index in [4.69, 9.17) is 10.5 Å². The maximum absolute atomic E-state index is 5.61. The van der Waals surface area contributed by atoms with Crippen molar-refractivity contribution >= 4 is 5.69 Å². The second-order valence-electron chi connectivity index (χ2n) is 2.79. The first-order valence-electron chi connectivity index (χ1n) is 4.21. The van der Waals surface area contributed by atoms with Gasteiger partial charge in [-0.3, -0.25) is 4.98 Å². The highest BCUT2D eigenvalue weighted by molar-refractivity contribution is 5.44. The molecule has 0 aliphatic heterocycles. The van der Waals surface area contributed by atoms with Gasteiger partial charge in [-0.1, -0.05) is 6.07 Å². The highest BCUT2D eigenvalue weighted by Crippen LogP contribution is 2.21. The van der Waals surface area contributed by atoms with Gasteiger partial charge in [-0.25, -0.2) is 0 Å². The molecule has 1 aromatic heterocycles. The summed E-state index contributed by atoms with van der Waals surface area (Å²) in [5.74, 6) is 1.27. The molecule has 1 radical (unpaired) electrons. The van der Waals surface area contributed by atoms with E-state index in [0.29, 0.717) is 17.2 Å². The van der Waals surface area contributed by atoms with Crippen molar-refractivity contribution in [1.29, 1.82) is 0 Å². The van der Waals surface area contributed by atoms with Crippen LogP contribution in [0.15, 0.2) is 42.6 Å². The minimum Gasteiger partial charge on any atom is -0.455 e. The molecule has 3 nitrogen and oxygen atoms in total. The maximum Gasteiger partial charge on any atom is 0.155 e. The van der Waals surface area contributed by atoms with Gasteiger partial charge in [0.2, 0.25) is 0 Å². The summed E-state index contributed by atoms with van der Waals surface area (Å²) in [6.07, 6.45) is 4.37. The van der Waals surface area contributed by atoms with Crippen LogP contribution in [0.5, 0.6) is 11.5 Å². The van der Waals surface area contributed by atoms with Crippen LogP contribution in [0, 0.1) is 6.20 Å². The van der Waals surface area contributed by atoms with Crippen LogP contribution in [0.2, 0.25) is 0 Å². The van der Waals surface area contributed by atoms with Crippen LogP contribution in [0.3, 0.4) is 0 Å². The molecule has 1 heterocycles. The molecule has 14 heavy (non-hydrogen) atoms. The average molecular weight is 185 g/mol. The molecule has 0 bridgehead atoms. The Morgan fingerprint density at radius 3 is 2.86 bits per heavy atom. The number of rotatable bonds is 2. The zero-order valence-electron chi connectivity index (χ0n) is 7.47. The number of nitrogen functional groups attached to an aromatic ring is 1. The number of hydrogen-bond acceptors (Lipinski definition) is 3. The van der Waals surface area contributed by atoms with Crippen LogP contribution in [-0.2, 0) is 0 Å². The smallest absolute Gasteiger partial charge is 0.155 e. The summed E-state index contributed by atoms with van der Waals surface area (Å²) in [6, 6.07) is 10.8. The van der Waals surface area contributed by atoms with E-state index in [2.05, 4.69) is 11.2 Å². The Balaban J connectivity index is 2.19. The fourth-order valence-corrected chi connectivity index (χ4v) is 1.07. The van der Waals surface area contributed by atoms with E-state index < -0.39 is 0 Å². The lowest BCUT2D eigenvalue weighted by Gasteiger charge is -2.04. The Kier molecular flexibility index (Phi) is 2.32. The third-order valence-corrected chi connectivity index (χ3v) is 1.67. The van der Waals surface area contributed by atoms with Crippen LogP contribution in [0.4, 0.5) is 5.69 Å². The summed E-state index contributed by atoms with van der Waals surface area (Å²) in [5, 5.41) is 0. The number of ether oxygens (including phenoxy) is 1. The van der Waals surface area contributed by atoms with E-state index in [1.807, 2.05) is 12.1 Å². The van der Waals surface area contributed by atoms with Gasteiger partial charge in [0, 0.05) is 18.0 Å². The summed E-state index contributed by atoms with van der Waals surface area (Å²) >= 11 is 0. The molecule has 3 heteroatoms. The molecule has 2 N–H and O–H groups in total.